The molecule has 106 valence electrons. The van der Waals surface area contributed by atoms with Crippen LogP contribution in [0.1, 0.15) is 37.3 Å². The van der Waals surface area contributed by atoms with Crippen LogP contribution in [0.15, 0.2) is 17.2 Å². The van der Waals surface area contributed by atoms with Gasteiger partial charge in [0.15, 0.2) is 6.04 Å². The summed E-state index contributed by atoms with van der Waals surface area (Å²) >= 11 is 0. The standard InChI is InChI=1S/C15H18N2O3/c1-4-7-17-13-12(9(3)16-17)10-5-6-11(18)8(2)14(10)20-15(13)19/h5-6,12-13,18H,4,7H2,1-3H3. The fraction of sp³-hybridized carbons (Fsp3) is 0.467. The van der Waals surface area contributed by atoms with Gasteiger partial charge in [0.05, 0.1) is 5.92 Å². The maximum absolute atomic E-state index is 12.3. The van der Waals surface area contributed by atoms with Crippen molar-refractivity contribution < 1.29 is 14.6 Å². The molecule has 0 amide bonds. The molecule has 0 saturated carbocycles. The molecule has 0 saturated heterocycles. The number of phenols is 1. The molecular weight excluding hydrogens is 256 g/mol. The molecule has 0 spiro atoms. The van der Waals surface area contributed by atoms with Gasteiger partial charge in [0.1, 0.15) is 11.5 Å². The monoisotopic (exact) mass is 274 g/mol. The van der Waals surface area contributed by atoms with Crippen molar-refractivity contribution in [2.24, 2.45) is 5.10 Å². The summed E-state index contributed by atoms with van der Waals surface area (Å²) in [6, 6.07) is 3.11. The summed E-state index contributed by atoms with van der Waals surface area (Å²) in [5.41, 5.74) is 2.47. The Kier molecular flexibility index (Phi) is 2.92. The van der Waals surface area contributed by atoms with E-state index in [4.69, 9.17) is 4.74 Å². The number of phenolic OH excluding ortho intramolecular Hbond substituents is 1. The van der Waals surface area contributed by atoms with Gasteiger partial charge in [-0.2, -0.15) is 5.10 Å². The summed E-state index contributed by atoms with van der Waals surface area (Å²) in [6.45, 7) is 6.49. The van der Waals surface area contributed by atoms with Crippen LogP contribution in [0, 0.1) is 6.92 Å². The fourth-order valence-corrected chi connectivity index (χ4v) is 3.04. The van der Waals surface area contributed by atoms with Crippen LogP contribution in [-0.2, 0) is 4.79 Å². The molecule has 0 aromatic heterocycles. The SMILES string of the molecule is CCCN1N=C(C)C2c3ccc(O)c(C)c3OC(=O)C21. The third-order valence-electron chi connectivity index (χ3n) is 4.01. The predicted molar refractivity (Wildman–Crippen MR) is 75.1 cm³/mol. The van der Waals surface area contributed by atoms with E-state index in [-0.39, 0.29) is 23.7 Å². The zero-order chi connectivity index (χ0) is 14.4. The van der Waals surface area contributed by atoms with Crippen molar-refractivity contribution in [3.8, 4) is 11.5 Å². The molecule has 0 aliphatic carbocycles. The molecule has 1 aromatic rings. The number of nitrogens with zero attached hydrogens (tertiary/aromatic N) is 2. The molecule has 2 unspecified atom stereocenters. The Morgan fingerprint density at radius 2 is 2.15 bits per heavy atom. The summed E-state index contributed by atoms with van der Waals surface area (Å²) in [7, 11) is 0. The number of carbonyl (C=O) groups is 1. The summed E-state index contributed by atoms with van der Waals surface area (Å²) in [6.07, 6.45) is 0.925. The molecule has 2 atom stereocenters. The van der Waals surface area contributed by atoms with Gasteiger partial charge in [0.25, 0.3) is 0 Å². The Morgan fingerprint density at radius 1 is 1.40 bits per heavy atom. The van der Waals surface area contributed by atoms with Gasteiger partial charge in [-0.05, 0) is 26.3 Å². The number of esters is 1. The first-order chi connectivity index (χ1) is 9.54. The number of hydrogen-bond donors (Lipinski definition) is 1. The zero-order valence-electron chi connectivity index (χ0n) is 11.9. The van der Waals surface area contributed by atoms with Crippen molar-refractivity contribution >= 4 is 11.7 Å². The maximum Gasteiger partial charge on any atom is 0.336 e. The molecule has 0 radical (unpaired) electrons. The normalized spacial score (nSPS) is 24.1. The lowest BCUT2D eigenvalue weighted by Crippen LogP contribution is -2.45. The van der Waals surface area contributed by atoms with E-state index >= 15 is 0 Å². The number of ether oxygens (including phenoxy) is 1. The lowest BCUT2D eigenvalue weighted by molar-refractivity contribution is -0.141. The number of aromatic hydroxyl groups is 1. The quantitative estimate of drug-likeness (QED) is 0.663. The number of hydrazone groups is 1. The Bertz CT molecular complexity index is 609. The van der Waals surface area contributed by atoms with Crippen LogP contribution >= 0.6 is 0 Å². The molecule has 0 fully saturated rings. The van der Waals surface area contributed by atoms with Gasteiger partial charge in [-0.3, -0.25) is 5.01 Å². The lowest BCUT2D eigenvalue weighted by atomic mass is 9.85. The fourth-order valence-electron chi connectivity index (χ4n) is 3.04. The highest BCUT2D eigenvalue weighted by Gasteiger charge is 2.47. The van der Waals surface area contributed by atoms with Crippen molar-refractivity contribution in [3.05, 3.63) is 23.3 Å². The maximum atomic E-state index is 12.3. The lowest BCUT2D eigenvalue weighted by Gasteiger charge is -2.32. The predicted octanol–water partition coefficient (Wildman–Crippen LogP) is 2.17. The molecule has 1 aromatic carbocycles. The summed E-state index contributed by atoms with van der Waals surface area (Å²) < 4.78 is 5.47. The van der Waals surface area contributed by atoms with E-state index in [0.717, 1.165) is 24.2 Å². The second-order valence-corrected chi connectivity index (χ2v) is 5.38. The Balaban J connectivity index is 2.10. The first-order valence-electron chi connectivity index (χ1n) is 6.90. The van der Waals surface area contributed by atoms with Gasteiger partial charge in [0, 0.05) is 23.4 Å². The van der Waals surface area contributed by atoms with Crippen molar-refractivity contribution in [1.82, 2.24) is 5.01 Å². The molecule has 2 aliphatic heterocycles. The van der Waals surface area contributed by atoms with Gasteiger partial charge in [-0.15, -0.1) is 0 Å². The number of rotatable bonds is 2. The number of hydrogen-bond acceptors (Lipinski definition) is 5. The molecule has 2 aliphatic rings. The molecule has 0 bridgehead atoms. The average molecular weight is 274 g/mol. The second-order valence-electron chi connectivity index (χ2n) is 5.38. The second kappa shape index (κ2) is 4.51. The third-order valence-corrected chi connectivity index (χ3v) is 4.01. The first kappa shape index (κ1) is 13.0. The van der Waals surface area contributed by atoms with Crippen LogP contribution in [0.2, 0.25) is 0 Å². The smallest absolute Gasteiger partial charge is 0.336 e. The van der Waals surface area contributed by atoms with E-state index in [0.29, 0.717) is 11.3 Å². The molecule has 3 rings (SSSR count). The molecular formula is C15H18N2O3. The Hall–Kier alpha value is -2.04. The minimum absolute atomic E-state index is 0.0721. The van der Waals surface area contributed by atoms with Crippen molar-refractivity contribution in [1.29, 1.82) is 0 Å². The Labute approximate surface area is 117 Å². The number of carbonyl (C=O) groups excluding carboxylic acids is 1. The third kappa shape index (κ3) is 1.69. The summed E-state index contributed by atoms with van der Waals surface area (Å²) in [5, 5.41) is 16.1. The highest BCUT2D eigenvalue weighted by atomic mass is 16.5. The van der Waals surface area contributed by atoms with Gasteiger partial charge in [-0.1, -0.05) is 13.0 Å². The van der Waals surface area contributed by atoms with Crippen LogP contribution in [-0.4, -0.2) is 34.4 Å². The van der Waals surface area contributed by atoms with Crippen LogP contribution in [0.5, 0.6) is 11.5 Å². The Morgan fingerprint density at radius 3 is 2.85 bits per heavy atom. The zero-order valence-corrected chi connectivity index (χ0v) is 11.9. The van der Waals surface area contributed by atoms with Crippen LogP contribution in [0.4, 0.5) is 0 Å². The topological polar surface area (TPSA) is 62.1 Å². The van der Waals surface area contributed by atoms with Crippen molar-refractivity contribution in [2.45, 2.75) is 39.2 Å². The van der Waals surface area contributed by atoms with Crippen molar-refractivity contribution in [3.63, 3.8) is 0 Å². The molecule has 1 N–H and O–H groups in total. The van der Waals surface area contributed by atoms with E-state index in [1.807, 2.05) is 18.0 Å². The first-order valence-corrected chi connectivity index (χ1v) is 6.90. The largest absolute Gasteiger partial charge is 0.508 e. The molecule has 5 nitrogen and oxygen atoms in total. The van der Waals surface area contributed by atoms with E-state index in [1.54, 1.807) is 13.0 Å². The van der Waals surface area contributed by atoms with Crippen LogP contribution < -0.4 is 4.74 Å². The van der Waals surface area contributed by atoms with Gasteiger partial charge in [0.2, 0.25) is 0 Å². The van der Waals surface area contributed by atoms with Crippen LogP contribution in [0.3, 0.4) is 0 Å². The van der Waals surface area contributed by atoms with Crippen LogP contribution in [0.25, 0.3) is 0 Å². The summed E-state index contributed by atoms with van der Waals surface area (Å²) in [4.78, 5) is 12.3. The van der Waals surface area contributed by atoms with E-state index in [1.165, 1.54) is 0 Å². The number of fused-ring (bicyclic) bond motifs is 3. The molecule has 2 heterocycles. The molecule has 5 heteroatoms. The minimum Gasteiger partial charge on any atom is -0.508 e. The van der Waals surface area contributed by atoms with E-state index < -0.39 is 0 Å². The highest BCUT2D eigenvalue weighted by Crippen LogP contribution is 2.44. The van der Waals surface area contributed by atoms with Crippen molar-refractivity contribution in [2.75, 3.05) is 6.54 Å². The molecule has 20 heavy (non-hydrogen) atoms. The van der Waals surface area contributed by atoms with Gasteiger partial charge in [-0.25, -0.2) is 4.79 Å². The number of benzene rings is 1. The minimum atomic E-state index is -0.369. The van der Waals surface area contributed by atoms with E-state index in [2.05, 4.69) is 12.0 Å². The average Bonchev–Trinajstić information content (AvgIpc) is 2.73. The van der Waals surface area contributed by atoms with E-state index in [9.17, 15) is 9.90 Å². The summed E-state index contributed by atoms with van der Waals surface area (Å²) in [5.74, 6) is 0.277. The van der Waals surface area contributed by atoms with Gasteiger partial charge < -0.3 is 9.84 Å². The van der Waals surface area contributed by atoms with Gasteiger partial charge >= 0.3 is 5.97 Å². The highest BCUT2D eigenvalue weighted by molar-refractivity contribution is 6.00.